The van der Waals surface area contributed by atoms with Gasteiger partial charge in [0.25, 0.3) is 0 Å². The molecule has 2 fully saturated rings. The SMILES string of the molecule is CC1CCC(O)(CNC(=O)C2C(C)OC(C)C2C)CC1. The van der Waals surface area contributed by atoms with E-state index in [1.807, 2.05) is 13.8 Å². The highest BCUT2D eigenvalue weighted by Crippen LogP contribution is 2.33. The van der Waals surface area contributed by atoms with Crippen LogP contribution >= 0.6 is 0 Å². The summed E-state index contributed by atoms with van der Waals surface area (Å²) in [7, 11) is 0. The van der Waals surface area contributed by atoms with Gasteiger partial charge in [-0.15, -0.1) is 0 Å². The third-order valence-corrected chi connectivity index (χ3v) is 5.34. The van der Waals surface area contributed by atoms with E-state index in [1.54, 1.807) is 0 Å². The molecule has 4 nitrogen and oxygen atoms in total. The second kappa shape index (κ2) is 6.02. The van der Waals surface area contributed by atoms with E-state index in [0.717, 1.165) is 25.7 Å². The maximum absolute atomic E-state index is 12.4. The summed E-state index contributed by atoms with van der Waals surface area (Å²) in [4.78, 5) is 12.4. The number of rotatable bonds is 3. The Hall–Kier alpha value is -0.610. The van der Waals surface area contributed by atoms with Crippen LogP contribution in [0.15, 0.2) is 0 Å². The molecule has 4 heteroatoms. The summed E-state index contributed by atoms with van der Waals surface area (Å²) >= 11 is 0. The van der Waals surface area contributed by atoms with Gasteiger partial charge < -0.3 is 15.2 Å². The summed E-state index contributed by atoms with van der Waals surface area (Å²) in [6.07, 6.45) is 3.75. The zero-order valence-corrected chi connectivity index (χ0v) is 13.2. The normalized spacial score (nSPS) is 45.4. The predicted octanol–water partition coefficient (Wildman–Crippen LogP) is 2.10. The van der Waals surface area contributed by atoms with Crippen molar-refractivity contribution in [2.75, 3.05) is 6.54 Å². The topological polar surface area (TPSA) is 58.6 Å². The van der Waals surface area contributed by atoms with E-state index in [-0.39, 0.29) is 30.0 Å². The Morgan fingerprint density at radius 2 is 1.80 bits per heavy atom. The first-order valence-electron chi connectivity index (χ1n) is 7.98. The van der Waals surface area contributed by atoms with Crippen LogP contribution in [0.2, 0.25) is 0 Å². The first-order chi connectivity index (χ1) is 9.32. The van der Waals surface area contributed by atoms with Gasteiger partial charge in [0.1, 0.15) is 0 Å². The van der Waals surface area contributed by atoms with Crippen molar-refractivity contribution in [2.24, 2.45) is 17.8 Å². The molecule has 0 bridgehead atoms. The molecule has 0 aromatic rings. The highest BCUT2D eigenvalue weighted by molar-refractivity contribution is 5.80. The molecule has 0 aromatic heterocycles. The lowest BCUT2D eigenvalue weighted by molar-refractivity contribution is -0.129. The van der Waals surface area contributed by atoms with Gasteiger partial charge in [-0.25, -0.2) is 0 Å². The van der Waals surface area contributed by atoms with Crippen molar-refractivity contribution in [1.29, 1.82) is 0 Å². The van der Waals surface area contributed by atoms with Crippen LogP contribution in [0.4, 0.5) is 0 Å². The number of hydrogen-bond acceptors (Lipinski definition) is 3. The minimum absolute atomic E-state index is 0.0291. The maximum Gasteiger partial charge on any atom is 0.226 e. The van der Waals surface area contributed by atoms with Crippen LogP contribution in [0, 0.1) is 17.8 Å². The van der Waals surface area contributed by atoms with Gasteiger partial charge in [0, 0.05) is 6.54 Å². The number of hydrogen-bond donors (Lipinski definition) is 2. The minimum atomic E-state index is -0.709. The third-order valence-electron chi connectivity index (χ3n) is 5.34. The summed E-state index contributed by atoms with van der Waals surface area (Å²) < 4.78 is 5.71. The predicted molar refractivity (Wildman–Crippen MR) is 78.3 cm³/mol. The standard InChI is InChI=1S/C16H29NO3/c1-10-5-7-16(19,8-6-10)9-17-15(18)14-11(2)12(3)20-13(14)4/h10-14,19H,5-9H2,1-4H3,(H,17,18). The molecular weight excluding hydrogens is 254 g/mol. The monoisotopic (exact) mass is 283 g/mol. The molecule has 2 N–H and O–H groups in total. The summed E-state index contributed by atoms with van der Waals surface area (Å²) in [5.74, 6) is 0.846. The van der Waals surface area contributed by atoms with Crippen molar-refractivity contribution in [3.63, 3.8) is 0 Å². The van der Waals surface area contributed by atoms with Gasteiger partial charge in [0.2, 0.25) is 5.91 Å². The Kier molecular flexibility index (Phi) is 4.75. The Morgan fingerprint density at radius 1 is 1.20 bits per heavy atom. The van der Waals surface area contributed by atoms with Crippen LogP contribution in [0.3, 0.4) is 0 Å². The molecule has 4 atom stereocenters. The van der Waals surface area contributed by atoms with E-state index in [4.69, 9.17) is 4.74 Å². The number of carbonyl (C=O) groups is 1. The van der Waals surface area contributed by atoms with E-state index in [1.165, 1.54) is 0 Å². The first-order valence-corrected chi connectivity index (χ1v) is 7.98. The quantitative estimate of drug-likeness (QED) is 0.834. The zero-order chi connectivity index (χ0) is 14.9. The molecule has 20 heavy (non-hydrogen) atoms. The Bertz CT molecular complexity index is 350. The van der Waals surface area contributed by atoms with Crippen molar-refractivity contribution in [3.05, 3.63) is 0 Å². The van der Waals surface area contributed by atoms with E-state index >= 15 is 0 Å². The summed E-state index contributed by atoms with van der Waals surface area (Å²) in [6, 6.07) is 0. The molecule has 1 saturated carbocycles. The van der Waals surface area contributed by atoms with Crippen LogP contribution < -0.4 is 5.32 Å². The summed E-state index contributed by atoms with van der Waals surface area (Å²) in [6.45, 7) is 8.64. The van der Waals surface area contributed by atoms with Crippen LogP contribution in [0.25, 0.3) is 0 Å². The van der Waals surface area contributed by atoms with E-state index in [0.29, 0.717) is 12.5 Å². The van der Waals surface area contributed by atoms with Crippen LogP contribution in [0.1, 0.15) is 53.4 Å². The lowest BCUT2D eigenvalue weighted by Gasteiger charge is -2.35. The summed E-state index contributed by atoms with van der Waals surface area (Å²) in [5, 5.41) is 13.5. The van der Waals surface area contributed by atoms with Gasteiger partial charge in [-0.3, -0.25) is 4.79 Å². The molecule has 2 rings (SSSR count). The Balaban J connectivity index is 1.86. The largest absolute Gasteiger partial charge is 0.388 e. The second-order valence-electron chi connectivity index (χ2n) is 7.06. The first kappa shape index (κ1) is 15.8. The molecule has 1 amide bonds. The fourth-order valence-electron chi connectivity index (χ4n) is 3.56. The number of ether oxygens (including phenoxy) is 1. The van der Waals surface area contributed by atoms with E-state index in [9.17, 15) is 9.90 Å². The van der Waals surface area contributed by atoms with Crippen LogP contribution in [0.5, 0.6) is 0 Å². The lowest BCUT2D eigenvalue weighted by Crippen LogP contribution is -2.48. The molecule has 1 aliphatic heterocycles. The van der Waals surface area contributed by atoms with Crippen molar-refractivity contribution in [1.82, 2.24) is 5.32 Å². The molecule has 1 aliphatic carbocycles. The van der Waals surface area contributed by atoms with Gasteiger partial charge >= 0.3 is 0 Å². The van der Waals surface area contributed by atoms with E-state index in [2.05, 4.69) is 19.2 Å². The smallest absolute Gasteiger partial charge is 0.226 e. The number of carbonyl (C=O) groups excluding carboxylic acids is 1. The minimum Gasteiger partial charge on any atom is -0.388 e. The van der Waals surface area contributed by atoms with Crippen molar-refractivity contribution in [2.45, 2.75) is 71.2 Å². The molecule has 0 radical (unpaired) electrons. The third kappa shape index (κ3) is 3.34. The molecule has 2 aliphatic rings. The van der Waals surface area contributed by atoms with Crippen molar-refractivity contribution >= 4 is 5.91 Å². The van der Waals surface area contributed by atoms with Gasteiger partial charge in [0.15, 0.2) is 0 Å². The number of nitrogens with one attached hydrogen (secondary N) is 1. The van der Waals surface area contributed by atoms with Gasteiger partial charge in [0.05, 0.1) is 23.7 Å². The average Bonchev–Trinajstić information content (AvgIpc) is 2.65. The summed E-state index contributed by atoms with van der Waals surface area (Å²) in [5.41, 5.74) is -0.709. The molecule has 1 heterocycles. The molecule has 4 unspecified atom stereocenters. The van der Waals surface area contributed by atoms with Crippen molar-refractivity contribution < 1.29 is 14.6 Å². The highest BCUT2D eigenvalue weighted by atomic mass is 16.5. The van der Waals surface area contributed by atoms with Gasteiger partial charge in [-0.2, -0.15) is 0 Å². The molecule has 116 valence electrons. The average molecular weight is 283 g/mol. The molecule has 0 spiro atoms. The van der Waals surface area contributed by atoms with Crippen LogP contribution in [-0.4, -0.2) is 35.4 Å². The Labute approximate surface area is 122 Å². The fraction of sp³-hybridized carbons (Fsp3) is 0.938. The van der Waals surface area contributed by atoms with Crippen molar-refractivity contribution in [3.8, 4) is 0 Å². The molecular formula is C16H29NO3. The molecule has 1 saturated heterocycles. The number of aliphatic hydroxyl groups is 1. The number of amides is 1. The lowest BCUT2D eigenvalue weighted by atomic mass is 9.79. The zero-order valence-electron chi connectivity index (χ0n) is 13.2. The van der Waals surface area contributed by atoms with Gasteiger partial charge in [-0.1, -0.05) is 13.8 Å². The fourth-order valence-corrected chi connectivity index (χ4v) is 3.56. The molecule has 0 aromatic carbocycles. The van der Waals surface area contributed by atoms with Crippen LogP contribution in [-0.2, 0) is 9.53 Å². The highest BCUT2D eigenvalue weighted by Gasteiger charge is 2.42. The van der Waals surface area contributed by atoms with E-state index < -0.39 is 5.60 Å². The second-order valence-corrected chi connectivity index (χ2v) is 7.06. The Morgan fingerprint density at radius 3 is 2.30 bits per heavy atom. The van der Waals surface area contributed by atoms with Gasteiger partial charge in [-0.05, 0) is 51.4 Å². The maximum atomic E-state index is 12.4.